The normalized spacial score (nSPS) is 16.6. The van der Waals surface area contributed by atoms with E-state index in [4.69, 9.17) is 19.9 Å². The third-order valence-electron chi connectivity index (χ3n) is 7.14. The summed E-state index contributed by atoms with van der Waals surface area (Å²) in [6.45, 7) is 5.70. The predicted molar refractivity (Wildman–Crippen MR) is 139 cm³/mol. The van der Waals surface area contributed by atoms with E-state index in [9.17, 15) is 4.79 Å². The highest BCUT2D eigenvalue weighted by molar-refractivity contribution is 6.01. The number of nitrogen functional groups attached to an aromatic ring is 1. The second kappa shape index (κ2) is 10.2. The molecular formula is C28H35N3O4. The van der Waals surface area contributed by atoms with Gasteiger partial charge in [-0.05, 0) is 76.1 Å². The number of fused-ring (bicyclic) bond motifs is 1. The first-order chi connectivity index (χ1) is 17.0. The van der Waals surface area contributed by atoms with Crippen molar-refractivity contribution in [1.82, 2.24) is 4.57 Å². The Bertz CT molecular complexity index is 1180. The van der Waals surface area contributed by atoms with Crippen molar-refractivity contribution in [2.75, 3.05) is 30.9 Å². The van der Waals surface area contributed by atoms with Gasteiger partial charge >= 0.3 is 6.09 Å². The summed E-state index contributed by atoms with van der Waals surface area (Å²) in [5.74, 6) is 1.33. The number of nitrogens with one attached hydrogen (secondary N) is 1. The van der Waals surface area contributed by atoms with Crippen molar-refractivity contribution < 1.29 is 19.0 Å². The molecule has 35 heavy (non-hydrogen) atoms. The highest BCUT2D eigenvalue weighted by Gasteiger charge is 2.31. The first kappa shape index (κ1) is 23.5. The molecule has 5 rings (SSSR count). The molecule has 1 atom stereocenters. The summed E-state index contributed by atoms with van der Waals surface area (Å²) < 4.78 is 19.2. The minimum Gasteiger partial charge on any atom is -0.491 e. The van der Waals surface area contributed by atoms with Gasteiger partial charge in [0.15, 0.2) is 0 Å². The maximum atomic E-state index is 12.2. The van der Waals surface area contributed by atoms with Crippen LogP contribution in [-0.2, 0) is 9.47 Å². The van der Waals surface area contributed by atoms with Crippen LogP contribution < -0.4 is 15.8 Å². The molecular weight excluding hydrogens is 442 g/mol. The summed E-state index contributed by atoms with van der Waals surface area (Å²) in [6.07, 6.45) is 5.32. The number of rotatable bonds is 10. The number of carbonyl (C=O) groups is 1. The fourth-order valence-electron chi connectivity index (χ4n) is 4.78. The van der Waals surface area contributed by atoms with E-state index in [0.717, 1.165) is 59.3 Å². The van der Waals surface area contributed by atoms with E-state index >= 15 is 0 Å². The van der Waals surface area contributed by atoms with Gasteiger partial charge in [-0.2, -0.15) is 0 Å². The zero-order valence-electron chi connectivity index (χ0n) is 20.6. The van der Waals surface area contributed by atoms with Gasteiger partial charge in [0.05, 0.1) is 23.5 Å². The molecule has 1 amide bonds. The molecule has 2 aliphatic carbocycles. The van der Waals surface area contributed by atoms with Crippen LogP contribution in [0.3, 0.4) is 0 Å². The fourth-order valence-corrected chi connectivity index (χ4v) is 4.78. The molecule has 0 bridgehead atoms. The molecule has 186 valence electrons. The van der Waals surface area contributed by atoms with Crippen molar-refractivity contribution in [3.05, 3.63) is 42.5 Å². The van der Waals surface area contributed by atoms with Crippen molar-refractivity contribution in [3.63, 3.8) is 0 Å². The number of carbonyl (C=O) groups excluding carboxylic acids is 1. The Balaban J connectivity index is 1.39. The zero-order chi connectivity index (χ0) is 24.4. The lowest BCUT2D eigenvalue weighted by Gasteiger charge is -2.30. The molecule has 0 radical (unpaired) electrons. The van der Waals surface area contributed by atoms with Gasteiger partial charge in [-0.25, -0.2) is 4.79 Å². The Labute approximate surface area is 206 Å². The largest absolute Gasteiger partial charge is 0.491 e. The van der Waals surface area contributed by atoms with Crippen LogP contribution in [0, 0.1) is 5.92 Å². The number of ether oxygens (including phenoxy) is 3. The van der Waals surface area contributed by atoms with Crippen LogP contribution in [0.4, 0.5) is 16.2 Å². The SMILES string of the molecule is CCOCCOc1ccc2c(N)c(-c3ccc(NC(=O)OC(C)C4CC4)cc3)n(C3CCC3)c2c1. The lowest BCUT2D eigenvalue weighted by molar-refractivity contribution is 0.108. The lowest BCUT2D eigenvalue weighted by atomic mass is 9.92. The van der Waals surface area contributed by atoms with E-state index in [0.29, 0.717) is 37.5 Å². The van der Waals surface area contributed by atoms with Crippen LogP contribution in [0.25, 0.3) is 22.2 Å². The van der Waals surface area contributed by atoms with E-state index in [1.54, 1.807) is 0 Å². The van der Waals surface area contributed by atoms with Gasteiger partial charge in [0.25, 0.3) is 0 Å². The third kappa shape index (κ3) is 5.10. The Morgan fingerprint density at radius 2 is 1.89 bits per heavy atom. The molecule has 1 heterocycles. The van der Waals surface area contributed by atoms with Crippen LogP contribution >= 0.6 is 0 Å². The van der Waals surface area contributed by atoms with E-state index < -0.39 is 6.09 Å². The number of benzene rings is 2. The molecule has 2 saturated carbocycles. The van der Waals surface area contributed by atoms with Crippen LogP contribution in [0.1, 0.15) is 52.0 Å². The topological polar surface area (TPSA) is 87.7 Å². The van der Waals surface area contributed by atoms with Crippen molar-refractivity contribution >= 4 is 28.4 Å². The molecule has 1 unspecified atom stereocenters. The molecule has 1 aromatic heterocycles. The van der Waals surface area contributed by atoms with Crippen molar-refractivity contribution in [2.24, 2.45) is 5.92 Å². The van der Waals surface area contributed by atoms with Crippen LogP contribution in [0.15, 0.2) is 42.5 Å². The maximum Gasteiger partial charge on any atom is 0.411 e. The van der Waals surface area contributed by atoms with Crippen molar-refractivity contribution in [2.45, 2.75) is 58.1 Å². The molecule has 2 aromatic carbocycles. The quantitative estimate of drug-likeness (QED) is 0.331. The number of aromatic nitrogens is 1. The molecule has 0 spiro atoms. The number of hydrogen-bond donors (Lipinski definition) is 2. The van der Waals surface area contributed by atoms with Crippen LogP contribution in [0.2, 0.25) is 0 Å². The van der Waals surface area contributed by atoms with E-state index in [2.05, 4.69) is 16.0 Å². The number of hydrogen-bond acceptors (Lipinski definition) is 5. The summed E-state index contributed by atoms with van der Waals surface area (Å²) in [5, 5.41) is 3.88. The minimum absolute atomic E-state index is 0.0414. The van der Waals surface area contributed by atoms with Gasteiger partial charge in [0, 0.05) is 35.4 Å². The summed E-state index contributed by atoms with van der Waals surface area (Å²) >= 11 is 0. The van der Waals surface area contributed by atoms with Gasteiger partial charge in [-0.1, -0.05) is 12.1 Å². The van der Waals surface area contributed by atoms with Crippen LogP contribution in [0.5, 0.6) is 5.75 Å². The number of amides is 1. The molecule has 2 fully saturated rings. The monoisotopic (exact) mass is 477 g/mol. The fraction of sp³-hybridized carbons (Fsp3) is 0.464. The van der Waals surface area contributed by atoms with E-state index in [1.165, 1.54) is 6.42 Å². The standard InChI is InChI=1S/C28H35N3O4/c1-3-33-15-16-34-23-13-14-24-25(17-23)31(22-5-4-6-22)27(26(24)29)20-9-11-21(12-10-20)30-28(32)35-18(2)19-7-8-19/h9-14,17-19,22H,3-8,15-16,29H2,1-2H3,(H,30,32). The Morgan fingerprint density at radius 1 is 1.11 bits per heavy atom. The molecule has 3 aromatic rings. The summed E-state index contributed by atoms with van der Waals surface area (Å²) in [4.78, 5) is 12.2. The Kier molecular flexibility index (Phi) is 6.86. The molecule has 2 aliphatic rings. The Hall–Kier alpha value is -3.19. The molecule has 0 aliphatic heterocycles. The molecule has 7 nitrogen and oxygen atoms in total. The average molecular weight is 478 g/mol. The van der Waals surface area contributed by atoms with Gasteiger partial charge < -0.3 is 24.5 Å². The second-order valence-electron chi connectivity index (χ2n) is 9.59. The van der Waals surface area contributed by atoms with Gasteiger partial charge in [0.2, 0.25) is 0 Å². The van der Waals surface area contributed by atoms with Gasteiger partial charge in [0.1, 0.15) is 18.5 Å². The van der Waals surface area contributed by atoms with Crippen molar-refractivity contribution in [3.8, 4) is 17.0 Å². The average Bonchev–Trinajstić information content (AvgIpc) is 3.63. The second-order valence-corrected chi connectivity index (χ2v) is 9.59. The maximum absolute atomic E-state index is 12.2. The number of anilines is 2. The number of nitrogens with two attached hydrogens (primary N) is 1. The molecule has 0 saturated heterocycles. The third-order valence-corrected chi connectivity index (χ3v) is 7.14. The van der Waals surface area contributed by atoms with Gasteiger partial charge in [-0.3, -0.25) is 5.32 Å². The minimum atomic E-state index is -0.405. The Morgan fingerprint density at radius 3 is 2.54 bits per heavy atom. The first-order valence-electron chi connectivity index (χ1n) is 12.8. The van der Waals surface area contributed by atoms with Crippen molar-refractivity contribution in [1.29, 1.82) is 0 Å². The zero-order valence-corrected chi connectivity index (χ0v) is 20.6. The first-order valence-corrected chi connectivity index (χ1v) is 12.8. The predicted octanol–water partition coefficient (Wildman–Crippen LogP) is 6.38. The van der Waals surface area contributed by atoms with E-state index in [1.807, 2.05) is 50.2 Å². The summed E-state index contributed by atoms with van der Waals surface area (Å²) in [6, 6.07) is 14.4. The molecule has 7 heteroatoms. The number of nitrogens with zero attached hydrogens (tertiary/aromatic N) is 1. The smallest absolute Gasteiger partial charge is 0.411 e. The highest BCUT2D eigenvalue weighted by atomic mass is 16.6. The molecule has 3 N–H and O–H groups in total. The van der Waals surface area contributed by atoms with Gasteiger partial charge in [-0.15, -0.1) is 0 Å². The van der Waals surface area contributed by atoms with Crippen LogP contribution in [-0.4, -0.2) is 36.6 Å². The summed E-state index contributed by atoms with van der Waals surface area (Å²) in [7, 11) is 0. The van der Waals surface area contributed by atoms with E-state index in [-0.39, 0.29) is 6.10 Å². The summed E-state index contributed by atoms with van der Waals surface area (Å²) in [5.41, 5.74) is 11.3. The lowest BCUT2D eigenvalue weighted by Crippen LogP contribution is -2.21. The highest BCUT2D eigenvalue weighted by Crippen LogP contribution is 2.45.